The van der Waals surface area contributed by atoms with Crippen molar-refractivity contribution in [2.75, 3.05) is 26.3 Å². The number of ether oxygens (including phenoxy) is 2. The number of benzene rings is 1. The number of hydrogen-bond acceptors (Lipinski definition) is 8. The predicted octanol–water partition coefficient (Wildman–Crippen LogP) is 3.49. The van der Waals surface area contributed by atoms with Gasteiger partial charge in [-0.05, 0) is 64.2 Å². The monoisotopic (exact) mass is 502 g/mol. The van der Waals surface area contributed by atoms with Crippen LogP contribution < -0.4 is 10.5 Å². The normalized spacial score (nSPS) is 15.9. The first-order valence-corrected chi connectivity index (χ1v) is 13.3. The molecule has 0 aromatic heterocycles. The molecule has 1 aliphatic carbocycles. The summed E-state index contributed by atoms with van der Waals surface area (Å²) in [4.78, 5) is 33.2. The SMILES string of the molecule is CC(C)OC(=O)CN1Cc2cc(OCCCC(=O)N(CCCCO)C3CCCCC3)ccc2N=C1N. The summed E-state index contributed by atoms with van der Waals surface area (Å²) in [5, 5.41) is 9.12. The van der Waals surface area contributed by atoms with E-state index in [1.54, 1.807) is 4.90 Å². The Balaban J connectivity index is 1.49. The molecule has 200 valence electrons. The van der Waals surface area contributed by atoms with Crippen molar-refractivity contribution >= 4 is 23.5 Å². The van der Waals surface area contributed by atoms with Crippen molar-refractivity contribution in [1.29, 1.82) is 0 Å². The van der Waals surface area contributed by atoms with Crippen molar-refractivity contribution in [3.05, 3.63) is 23.8 Å². The lowest BCUT2D eigenvalue weighted by molar-refractivity contribution is -0.147. The zero-order valence-corrected chi connectivity index (χ0v) is 21.8. The number of unbranched alkanes of at least 4 members (excludes halogenated alkanes) is 1. The highest BCUT2D eigenvalue weighted by molar-refractivity contribution is 5.87. The van der Waals surface area contributed by atoms with Crippen LogP contribution in [0.4, 0.5) is 5.69 Å². The molecule has 0 radical (unpaired) electrons. The van der Waals surface area contributed by atoms with Crippen molar-refractivity contribution in [3.8, 4) is 5.75 Å². The topological polar surface area (TPSA) is 118 Å². The van der Waals surface area contributed by atoms with E-state index in [9.17, 15) is 9.59 Å². The van der Waals surface area contributed by atoms with Gasteiger partial charge in [-0.2, -0.15) is 0 Å². The zero-order valence-electron chi connectivity index (χ0n) is 21.8. The predicted molar refractivity (Wildman–Crippen MR) is 139 cm³/mol. The lowest BCUT2D eigenvalue weighted by Gasteiger charge is -2.34. The molecule has 1 heterocycles. The molecule has 0 atom stereocenters. The third kappa shape index (κ3) is 8.40. The van der Waals surface area contributed by atoms with Gasteiger partial charge in [0.05, 0.1) is 18.4 Å². The van der Waals surface area contributed by atoms with Crippen LogP contribution in [0.5, 0.6) is 5.75 Å². The van der Waals surface area contributed by atoms with Crippen LogP contribution in [-0.2, 0) is 20.9 Å². The third-order valence-electron chi connectivity index (χ3n) is 6.60. The van der Waals surface area contributed by atoms with Crippen LogP contribution in [0.2, 0.25) is 0 Å². The molecular weight excluding hydrogens is 460 g/mol. The van der Waals surface area contributed by atoms with Gasteiger partial charge in [-0.1, -0.05) is 19.3 Å². The van der Waals surface area contributed by atoms with Gasteiger partial charge in [-0.3, -0.25) is 9.59 Å². The average molecular weight is 503 g/mol. The molecule has 36 heavy (non-hydrogen) atoms. The molecule has 3 rings (SSSR count). The number of nitrogens with zero attached hydrogens (tertiary/aromatic N) is 3. The first-order chi connectivity index (χ1) is 17.4. The zero-order chi connectivity index (χ0) is 25.9. The number of guanidine groups is 1. The summed E-state index contributed by atoms with van der Waals surface area (Å²) in [5.41, 5.74) is 7.72. The highest BCUT2D eigenvalue weighted by Gasteiger charge is 2.25. The van der Waals surface area contributed by atoms with Crippen LogP contribution in [0.3, 0.4) is 0 Å². The largest absolute Gasteiger partial charge is 0.494 e. The first-order valence-electron chi connectivity index (χ1n) is 13.3. The number of carbonyl (C=O) groups excluding carboxylic acids is 2. The molecule has 9 nitrogen and oxygen atoms in total. The summed E-state index contributed by atoms with van der Waals surface area (Å²) < 4.78 is 11.2. The maximum absolute atomic E-state index is 13.0. The van der Waals surface area contributed by atoms with Gasteiger partial charge in [0, 0.05) is 37.7 Å². The summed E-state index contributed by atoms with van der Waals surface area (Å²) in [7, 11) is 0. The second-order valence-corrected chi connectivity index (χ2v) is 9.92. The number of aliphatic imine (C=N–C) groups is 1. The highest BCUT2D eigenvalue weighted by atomic mass is 16.5. The van der Waals surface area contributed by atoms with Crippen molar-refractivity contribution < 1.29 is 24.2 Å². The van der Waals surface area contributed by atoms with E-state index in [0.29, 0.717) is 37.8 Å². The lowest BCUT2D eigenvalue weighted by atomic mass is 9.93. The number of nitrogens with two attached hydrogens (primary N) is 1. The molecule has 1 aromatic carbocycles. The summed E-state index contributed by atoms with van der Waals surface area (Å²) in [6.45, 7) is 5.43. The summed E-state index contributed by atoms with van der Waals surface area (Å²) >= 11 is 0. The first kappa shape index (κ1) is 27.8. The third-order valence-corrected chi connectivity index (χ3v) is 6.60. The molecule has 1 aromatic rings. The van der Waals surface area contributed by atoms with Crippen LogP contribution in [0.1, 0.15) is 77.2 Å². The molecule has 9 heteroatoms. The molecule has 0 spiro atoms. The number of esters is 1. The number of carbonyl (C=O) groups is 2. The minimum Gasteiger partial charge on any atom is -0.494 e. The van der Waals surface area contributed by atoms with Gasteiger partial charge >= 0.3 is 5.97 Å². The van der Waals surface area contributed by atoms with Gasteiger partial charge < -0.3 is 30.1 Å². The van der Waals surface area contributed by atoms with Gasteiger partial charge in [0.15, 0.2) is 5.96 Å². The minimum absolute atomic E-state index is 0.0376. The highest BCUT2D eigenvalue weighted by Crippen LogP contribution is 2.29. The van der Waals surface area contributed by atoms with E-state index < -0.39 is 0 Å². The smallest absolute Gasteiger partial charge is 0.325 e. The van der Waals surface area contributed by atoms with Crippen molar-refractivity contribution in [2.45, 2.75) is 90.3 Å². The van der Waals surface area contributed by atoms with Crippen LogP contribution in [-0.4, -0.2) is 71.2 Å². The molecule has 1 aliphatic heterocycles. The minimum atomic E-state index is -0.345. The Hall–Kier alpha value is -2.81. The molecule has 3 N–H and O–H groups in total. The van der Waals surface area contributed by atoms with Gasteiger partial charge in [0.2, 0.25) is 5.91 Å². The van der Waals surface area contributed by atoms with Gasteiger partial charge in [-0.25, -0.2) is 4.99 Å². The maximum atomic E-state index is 13.0. The number of rotatable bonds is 13. The number of aliphatic hydroxyl groups is 1. The number of fused-ring (bicyclic) bond motifs is 1. The fourth-order valence-corrected chi connectivity index (χ4v) is 4.82. The summed E-state index contributed by atoms with van der Waals surface area (Å²) in [6, 6.07) is 5.96. The Labute approximate surface area is 214 Å². The molecule has 1 fully saturated rings. The molecule has 0 saturated heterocycles. The van der Waals surface area contributed by atoms with Gasteiger partial charge in [0.25, 0.3) is 0 Å². The second kappa shape index (κ2) is 14.1. The Bertz CT molecular complexity index is 898. The number of hydrogen-bond donors (Lipinski definition) is 2. The Kier molecular flexibility index (Phi) is 10.8. The van der Waals surface area contributed by atoms with Crippen LogP contribution in [0, 0.1) is 0 Å². The molecule has 0 bridgehead atoms. The van der Waals surface area contributed by atoms with E-state index in [2.05, 4.69) is 9.89 Å². The van der Waals surface area contributed by atoms with Crippen molar-refractivity contribution in [3.63, 3.8) is 0 Å². The van der Waals surface area contributed by atoms with Gasteiger partial charge in [-0.15, -0.1) is 0 Å². The molecule has 0 unspecified atom stereocenters. The fourth-order valence-electron chi connectivity index (χ4n) is 4.82. The molecule has 1 amide bonds. The summed E-state index contributed by atoms with van der Waals surface area (Å²) in [5.74, 6) is 0.829. The van der Waals surface area contributed by atoms with E-state index in [0.717, 1.165) is 43.5 Å². The Morgan fingerprint density at radius 2 is 1.97 bits per heavy atom. The Morgan fingerprint density at radius 1 is 1.19 bits per heavy atom. The quantitative estimate of drug-likeness (QED) is 0.313. The average Bonchev–Trinajstić information content (AvgIpc) is 2.85. The van der Waals surface area contributed by atoms with E-state index in [1.165, 1.54) is 19.3 Å². The van der Waals surface area contributed by atoms with E-state index >= 15 is 0 Å². The van der Waals surface area contributed by atoms with Crippen molar-refractivity contribution in [1.82, 2.24) is 9.80 Å². The second-order valence-electron chi connectivity index (χ2n) is 9.92. The lowest BCUT2D eigenvalue weighted by Crippen LogP contribution is -2.42. The number of aliphatic hydroxyl groups excluding tert-OH is 1. The number of amides is 1. The van der Waals surface area contributed by atoms with E-state index in [-0.39, 0.29) is 37.1 Å². The van der Waals surface area contributed by atoms with E-state index in [4.69, 9.17) is 20.3 Å². The molecular formula is C27H42N4O5. The summed E-state index contributed by atoms with van der Waals surface area (Å²) in [6.07, 6.45) is 8.24. The van der Waals surface area contributed by atoms with Crippen LogP contribution in [0.25, 0.3) is 0 Å². The maximum Gasteiger partial charge on any atom is 0.325 e. The van der Waals surface area contributed by atoms with Crippen molar-refractivity contribution in [2.24, 2.45) is 10.7 Å². The molecule has 1 saturated carbocycles. The van der Waals surface area contributed by atoms with Gasteiger partial charge in [0.1, 0.15) is 12.3 Å². The van der Waals surface area contributed by atoms with Crippen LogP contribution >= 0.6 is 0 Å². The molecule has 2 aliphatic rings. The van der Waals surface area contributed by atoms with E-state index in [1.807, 2.05) is 32.0 Å². The van der Waals surface area contributed by atoms with Crippen LogP contribution in [0.15, 0.2) is 23.2 Å². The fraction of sp³-hybridized carbons (Fsp3) is 0.667. The standard InChI is InChI=1S/C27H42N4O5/c1-20(2)36-26(34)19-30-18-21-17-23(12-13-24(21)29-27(30)28)35-16-8-11-25(33)31(14-6-7-15-32)22-9-4-3-5-10-22/h12-13,17,20,22,32H,3-11,14-16,18-19H2,1-2H3,(H2,28,29). The Morgan fingerprint density at radius 3 is 2.69 bits per heavy atom.